The van der Waals surface area contributed by atoms with Gasteiger partial charge in [0.15, 0.2) is 5.65 Å². The molecule has 0 saturated heterocycles. The molecule has 1 fully saturated rings. The highest BCUT2D eigenvalue weighted by Gasteiger charge is 2.19. The van der Waals surface area contributed by atoms with Crippen LogP contribution in [0, 0.1) is 0 Å². The smallest absolute Gasteiger partial charge is 0.177 e. The van der Waals surface area contributed by atoms with Crippen LogP contribution in [0.3, 0.4) is 0 Å². The highest BCUT2D eigenvalue weighted by Crippen LogP contribution is 2.18. The molecule has 0 aliphatic heterocycles. The van der Waals surface area contributed by atoms with E-state index >= 15 is 0 Å². The molecule has 0 spiro atoms. The van der Waals surface area contributed by atoms with Gasteiger partial charge in [0.1, 0.15) is 5.82 Å². The number of rotatable bonds is 4. The van der Waals surface area contributed by atoms with E-state index in [1.807, 2.05) is 6.07 Å². The van der Waals surface area contributed by atoms with Crippen LogP contribution in [0.2, 0.25) is 0 Å². The first kappa shape index (κ1) is 10.2. The molecule has 84 valence electrons. The Morgan fingerprint density at radius 1 is 1.50 bits per heavy atom. The van der Waals surface area contributed by atoms with E-state index in [0.717, 1.165) is 40.5 Å². The third-order valence-electron chi connectivity index (χ3n) is 2.73. The van der Waals surface area contributed by atoms with E-state index < -0.39 is 0 Å². The van der Waals surface area contributed by atoms with E-state index in [1.165, 1.54) is 12.8 Å². The molecular formula is C11H13BrN4. The number of hydrogen-bond donors (Lipinski definition) is 2. The second kappa shape index (κ2) is 4.14. The number of hydrogen-bond acceptors (Lipinski definition) is 3. The van der Waals surface area contributed by atoms with E-state index in [-0.39, 0.29) is 0 Å². The minimum absolute atomic E-state index is 0.761. The molecule has 2 aromatic heterocycles. The molecule has 0 aromatic carbocycles. The molecule has 2 aromatic rings. The van der Waals surface area contributed by atoms with Crippen molar-refractivity contribution in [1.82, 2.24) is 20.3 Å². The lowest BCUT2D eigenvalue weighted by Crippen LogP contribution is -2.19. The SMILES string of the molecule is Brc1cnc2nc(CCNC3CC3)[nH]c2c1. The maximum Gasteiger partial charge on any atom is 0.177 e. The Labute approximate surface area is 102 Å². The van der Waals surface area contributed by atoms with Crippen LogP contribution in [0.15, 0.2) is 16.7 Å². The van der Waals surface area contributed by atoms with Gasteiger partial charge in [-0.3, -0.25) is 0 Å². The Balaban J connectivity index is 1.71. The van der Waals surface area contributed by atoms with Crippen LogP contribution in [-0.2, 0) is 6.42 Å². The molecule has 4 nitrogen and oxygen atoms in total. The fourth-order valence-corrected chi connectivity index (χ4v) is 2.06. The lowest BCUT2D eigenvalue weighted by molar-refractivity contribution is 0.670. The molecule has 1 saturated carbocycles. The molecular weight excluding hydrogens is 268 g/mol. The Bertz CT molecular complexity index is 504. The summed E-state index contributed by atoms with van der Waals surface area (Å²) in [5.41, 5.74) is 1.79. The molecule has 5 heteroatoms. The average Bonchev–Trinajstić information content (AvgIpc) is 2.98. The van der Waals surface area contributed by atoms with Gasteiger partial charge in [0.2, 0.25) is 0 Å². The maximum atomic E-state index is 4.44. The van der Waals surface area contributed by atoms with E-state index in [0.29, 0.717) is 0 Å². The Hall–Kier alpha value is -0.940. The quantitative estimate of drug-likeness (QED) is 0.901. The second-order valence-corrected chi connectivity index (χ2v) is 5.10. The van der Waals surface area contributed by atoms with Crippen molar-refractivity contribution in [3.05, 3.63) is 22.6 Å². The van der Waals surface area contributed by atoms with Gasteiger partial charge >= 0.3 is 0 Å². The molecule has 2 N–H and O–H groups in total. The summed E-state index contributed by atoms with van der Waals surface area (Å²) in [4.78, 5) is 12.0. The minimum atomic E-state index is 0.761. The molecule has 1 aliphatic rings. The van der Waals surface area contributed by atoms with Gasteiger partial charge in [0.05, 0.1) is 5.52 Å². The van der Waals surface area contributed by atoms with Crippen LogP contribution in [0.4, 0.5) is 0 Å². The summed E-state index contributed by atoms with van der Waals surface area (Å²) in [6.45, 7) is 0.992. The van der Waals surface area contributed by atoms with Crippen LogP contribution < -0.4 is 5.32 Å². The zero-order chi connectivity index (χ0) is 11.0. The average molecular weight is 281 g/mol. The molecule has 1 aliphatic carbocycles. The molecule has 16 heavy (non-hydrogen) atoms. The first-order valence-electron chi connectivity index (χ1n) is 5.55. The van der Waals surface area contributed by atoms with E-state index in [9.17, 15) is 0 Å². The first-order chi connectivity index (χ1) is 7.81. The third-order valence-corrected chi connectivity index (χ3v) is 3.16. The molecule has 0 unspecified atom stereocenters. The van der Waals surface area contributed by atoms with E-state index in [1.54, 1.807) is 6.20 Å². The summed E-state index contributed by atoms with van der Waals surface area (Å²) >= 11 is 3.40. The highest BCUT2D eigenvalue weighted by molar-refractivity contribution is 9.10. The van der Waals surface area contributed by atoms with Crippen LogP contribution in [-0.4, -0.2) is 27.5 Å². The van der Waals surface area contributed by atoms with Crippen molar-refractivity contribution < 1.29 is 0 Å². The molecule has 0 bridgehead atoms. The van der Waals surface area contributed by atoms with Crippen molar-refractivity contribution in [1.29, 1.82) is 0 Å². The van der Waals surface area contributed by atoms with Crippen molar-refractivity contribution in [2.45, 2.75) is 25.3 Å². The molecule has 0 amide bonds. The number of H-pyrrole nitrogens is 1. The Kier molecular flexibility index (Phi) is 2.65. The Morgan fingerprint density at radius 2 is 2.38 bits per heavy atom. The van der Waals surface area contributed by atoms with Crippen molar-refractivity contribution in [3.63, 3.8) is 0 Å². The lowest BCUT2D eigenvalue weighted by atomic mass is 10.4. The summed E-state index contributed by atoms with van der Waals surface area (Å²) < 4.78 is 0.978. The van der Waals surface area contributed by atoms with E-state index in [4.69, 9.17) is 0 Å². The van der Waals surface area contributed by atoms with Crippen molar-refractivity contribution >= 4 is 27.1 Å². The largest absolute Gasteiger partial charge is 0.341 e. The van der Waals surface area contributed by atoms with Crippen LogP contribution >= 0.6 is 15.9 Å². The normalized spacial score (nSPS) is 15.8. The van der Waals surface area contributed by atoms with Gasteiger partial charge in [-0.05, 0) is 34.8 Å². The van der Waals surface area contributed by atoms with Gasteiger partial charge < -0.3 is 10.3 Å². The third kappa shape index (κ3) is 2.25. The fraction of sp³-hybridized carbons (Fsp3) is 0.455. The number of pyridine rings is 1. The topological polar surface area (TPSA) is 53.6 Å². The van der Waals surface area contributed by atoms with Gasteiger partial charge in [0, 0.05) is 29.7 Å². The summed E-state index contributed by atoms with van der Waals surface area (Å²) in [6, 6.07) is 2.77. The van der Waals surface area contributed by atoms with Gasteiger partial charge in [-0.25, -0.2) is 9.97 Å². The predicted molar refractivity (Wildman–Crippen MR) is 66.3 cm³/mol. The number of aromatic amines is 1. The number of fused-ring (bicyclic) bond motifs is 1. The Morgan fingerprint density at radius 3 is 3.19 bits per heavy atom. The van der Waals surface area contributed by atoms with Gasteiger partial charge in [-0.15, -0.1) is 0 Å². The summed E-state index contributed by atoms with van der Waals surface area (Å²) in [5.74, 6) is 1.01. The number of halogens is 1. The number of aromatic nitrogens is 3. The zero-order valence-electron chi connectivity index (χ0n) is 8.83. The highest BCUT2D eigenvalue weighted by atomic mass is 79.9. The van der Waals surface area contributed by atoms with E-state index in [2.05, 4.69) is 36.2 Å². The standard InChI is InChI=1S/C11H13BrN4/c12-7-5-9-11(14-6-7)16-10(15-9)3-4-13-8-1-2-8/h5-6,8,13H,1-4H2,(H,14,15,16). The van der Waals surface area contributed by atoms with Gasteiger partial charge in [-0.1, -0.05) is 0 Å². The summed E-state index contributed by atoms with van der Waals surface area (Å²) in [7, 11) is 0. The van der Waals surface area contributed by atoms with Gasteiger partial charge in [0.25, 0.3) is 0 Å². The fourth-order valence-electron chi connectivity index (χ4n) is 1.72. The number of nitrogens with one attached hydrogen (secondary N) is 2. The van der Waals surface area contributed by atoms with Gasteiger partial charge in [-0.2, -0.15) is 0 Å². The summed E-state index contributed by atoms with van der Waals surface area (Å²) in [6.07, 6.45) is 5.36. The van der Waals surface area contributed by atoms with Crippen molar-refractivity contribution in [2.75, 3.05) is 6.54 Å². The summed E-state index contributed by atoms with van der Waals surface area (Å²) in [5, 5.41) is 3.47. The van der Waals surface area contributed by atoms with Crippen LogP contribution in [0.25, 0.3) is 11.2 Å². The van der Waals surface area contributed by atoms with Crippen LogP contribution in [0.5, 0.6) is 0 Å². The molecule has 3 rings (SSSR count). The number of imidazole rings is 1. The zero-order valence-corrected chi connectivity index (χ0v) is 10.4. The number of nitrogens with zero attached hydrogens (tertiary/aromatic N) is 2. The maximum absolute atomic E-state index is 4.44. The van der Waals surface area contributed by atoms with Crippen molar-refractivity contribution in [3.8, 4) is 0 Å². The lowest BCUT2D eigenvalue weighted by Gasteiger charge is -1.98. The van der Waals surface area contributed by atoms with Crippen molar-refractivity contribution in [2.24, 2.45) is 0 Å². The van der Waals surface area contributed by atoms with Crippen LogP contribution in [0.1, 0.15) is 18.7 Å². The second-order valence-electron chi connectivity index (χ2n) is 4.19. The first-order valence-corrected chi connectivity index (χ1v) is 6.34. The molecule has 0 atom stereocenters. The molecule has 0 radical (unpaired) electrons. The minimum Gasteiger partial charge on any atom is -0.341 e. The predicted octanol–water partition coefficient (Wildman–Crippen LogP) is 2.01. The molecule has 2 heterocycles. The monoisotopic (exact) mass is 280 g/mol.